The van der Waals surface area contributed by atoms with Crippen molar-refractivity contribution in [3.05, 3.63) is 53.7 Å². The van der Waals surface area contributed by atoms with E-state index in [4.69, 9.17) is 9.47 Å². The van der Waals surface area contributed by atoms with Crippen LogP contribution in [0.3, 0.4) is 0 Å². The molecule has 0 bridgehead atoms. The summed E-state index contributed by atoms with van der Waals surface area (Å²) in [5.41, 5.74) is 3.80. The summed E-state index contributed by atoms with van der Waals surface area (Å²) in [6.07, 6.45) is 2.18. The van der Waals surface area contributed by atoms with E-state index < -0.39 is 11.9 Å². The number of methoxy groups -OCH3 is 1. The van der Waals surface area contributed by atoms with Crippen LogP contribution in [0.1, 0.15) is 34.9 Å². The Hall–Kier alpha value is -3.68. The Morgan fingerprint density at radius 3 is 2.70 bits per heavy atom. The van der Waals surface area contributed by atoms with E-state index in [2.05, 4.69) is 14.9 Å². The zero-order valence-electron chi connectivity index (χ0n) is 16.7. The summed E-state index contributed by atoms with van der Waals surface area (Å²) in [6, 6.07) is 13.2. The van der Waals surface area contributed by atoms with E-state index in [1.807, 2.05) is 37.3 Å². The molecular weight excluding hydrogens is 384 g/mol. The summed E-state index contributed by atoms with van der Waals surface area (Å²) in [5.74, 6) is -0.493. The van der Waals surface area contributed by atoms with Gasteiger partial charge in [0.15, 0.2) is 0 Å². The van der Waals surface area contributed by atoms with Crippen molar-refractivity contribution in [3.63, 3.8) is 0 Å². The van der Waals surface area contributed by atoms with Crippen LogP contribution in [-0.2, 0) is 16.1 Å². The lowest BCUT2D eigenvalue weighted by Crippen LogP contribution is -2.17. The van der Waals surface area contributed by atoms with Gasteiger partial charge in [0.2, 0.25) is 0 Å². The van der Waals surface area contributed by atoms with Gasteiger partial charge in [-0.3, -0.25) is 0 Å². The first-order chi connectivity index (χ1) is 14.6. The molecule has 1 saturated carbocycles. The van der Waals surface area contributed by atoms with E-state index in [9.17, 15) is 9.59 Å². The molecule has 0 amide bonds. The van der Waals surface area contributed by atoms with Gasteiger partial charge in [0.1, 0.15) is 17.8 Å². The average Bonchev–Trinajstić information content (AvgIpc) is 3.43. The van der Waals surface area contributed by atoms with Crippen LogP contribution in [0, 0.1) is 6.92 Å². The smallest absolute Gasteiger partial charge is 0.340 e. The van der Waals surface area contributed by atoms with Gasteiger partial charge in [-0.25, -0.2) is 14.3 Å². The number of benzene rings is 2. The van der Waals surface area contributed by atoms with Gasteiger partial charge in [0, 0.05) is 22.6 Å². The highest BCUT2D eigenvalue weighted by Gasteiger charge is 2.30. The number of nitrogens with zero attached hydrogens (tertiary/aromatic N) is 4. The van der Waals surface area contributed by atoms with Crippen LogP contribution in [-0.4, -0.2) is 38.6 Å². The minimum atomic E-state index is -0.469. The quantitative estimate of drug-likeness (QED) is 0.374. The maximum atomic E-state index is 12.5. The molecule has 0 aliphatic heterocycles. The van der Waals surface area contributed by atoms with Gasteiger partial charge in [-0.2, -0.15) is 0 Å². The van der Waals surface area contributed by atoms with Gasteiger partial charge >= 0.3 is 11.9 Å². The fourth-order valence-electron chi connectivity index (χ4n) is 3.97. The van der Waals surface area contributed by atoms with Crippen molar-refractivity contribution < 1.29 is 19.1 Å². The monoisotopic (exact) mass is 404 g/mol. The van der Waals surface area contributed by atoms with Crippen LogP contribution in [0.2, 0.25) is 0 Å². The molecule has 0 unspecified atom stereocenters. The number of carbonyl (C=O) groups is 2. The van der Waals surface area contributed by atoms with Crippen LogP contribution >= 0.6 is 0 Å². The second-order valence-corrected chi connectivity index (χ2v) is 7.44. The lowest BCUT2D eigenvalue weighted by molar-refractivity contribution is -0.135. The highest BCUT2D eigenvalue weighted by molar-refractivity contribution is 6.06. The Bertz CT molecular complexity index is 1300. The number of esters is 2. The number of aromatic nitrogens is 4. The molecule has 4 aromatic rings. The first-order valence-corrected chi connectivity index (χ1v) is 9.78. The highest BCUT2D eigenvalue weighted by atomic mass is 16.5. The lowest BCUT2D eigenvalue weighted by Gasteiger charge is -2.07. The number of ether oxygens (including phenoxy) is 2. The Labute approximate surface area is 172 Å². The maximum absolute atomic E-state index is 12.5. The molecular formula is C22H20N4O4. The molecule has 1 aliphatic carbocycles. The third-order valence-corrected chi connectivity index (χ3v) is 5.45. The zero-order chi connectivity index (χ0) is 20.8. The molecule has 0 spiro atoms. The van der Waals surface area contributed by atoms with Crippen molar-refractivity contribution >= 4 is 33.9 Å². The summed E-state index contributed by atoms with van der Waals surface area (Å²) in [6.45, 7) is 1.86. The van der Waals surface area contributed by atoms with Crippen LogP contribution in [0.25, 0.3) is 21.9 Å². The van der Waals surface area contributed by atoms with Crippen molar-refractivity contribution in [1.82, 2.24) is 19.6 Å². The van der Waals surface area contributed by atoms with Gasteiger partial charge in [-0.1, -0.05) is 17.3 Å². The number of hydrogen-bond acceptors (Lipinski definition) is 6. The summed E-state index contributed by atoms with van der Waals surface area (Å²) in [7, 11) is 1.37. The Kier molecular flexibility index (Phi) is 4.27. The van der Waals surface area contributed by atoms with E-state index in [-0.39, 0.29) is 6.54 Å². The van der Waals surface area contributed by atoms with E-state index in [0.717, 1.165) is 35.0 Å². The third-order valence-electron chi connectivity index (χ3n) is 5.45. The van der Waals surface area contributed by atoms with Crippen molar-refractivity contribution in [2.75, 3.05) is 7.11 Å². The first-order valence-electron chi connectivity index (χ1n) is 9.78. The SMILES string of the molecule is COC(=O)c1c(C)n(C2CC2)c2ccc(OC(=O)Cn3nnc4ccccc43)cc12. The van der Waals surface area contributed by atoms with Crippen LogP contribution in [0.15, 0.2) is 42.5 Å². The standard InChI is InChI=1S/C22H20N4O4/c1-13-21(22(28)29-2)16-11-15(9-10-18(16)26(13)14-7-8-14)30-20(27)12-25-19-6-4-3-5-17(19)23-24-25/h3-6,9-11,14H,7-8,12H2,1-2H3. The molecule has 1 fully saturated rings. The number of carbonyl (C=O) groups excluding carboxylic acids is 2. The predicted molar refractivity (Wildman–Crippen MR) is 109 cm³/mol. The van der Waals surface area contributed by atoms with Crippen LogP contribution < -0.4 is 4.74 Å². The Balaban J connectivity index is 1.46. The van der Waals surface area contributed by atoms with Crippen molar-refractivity contribution in [1.29, 1.82) is 0 Å². The number of rotatable bonds is 5. The van der Waals surface area contributed by atoms with Gasteiger partial charge in [-0.15, -0.1) is 5.10 Å². The average molecular weight is 404 g/mol. The van der Waals surface area contributed by atoms with Crippen molar-refractivity contribution in [2.45, 2.75) is 32.4 Å². The van der Waals surface area contributed by atoms with E-state index in [0.29, 0.717) is 22.9 Å². The molecule has 8 heteroatoms. The third kappa shape index (κ3) is 3.01. The molecule has 8 nitrogen and oxygen atoms in total. The summed E-state index contributed by atoms with van der Waals surface area (Å²) in [4.78, 5) is 24.9. The molecule has 2 aromatic carbocycles. The highest BCUT2D eigenvalue weighted by Crippen LogP contribution is 2.42. The molecule has 5 rings (SSSR count). The Morgan fingerprint density at radius 1 is 1.13 bits per heavy atom. The van der Waals surface area contributed by atoms with E-state index in [1.54, 1.807) is 12.1 Å². The van der Waals surface area contributed by atoms with Gasteiger partial charge < -0.3 is 14.0 Å². The second-order valence-electron chi connectivity index (χ2n) is 7.44. The van der Waals surface area contributed by atoms with Gasteiger partial charge in [-0.05, 0) is 50.1 Å². The molecule has 2 heterocycles. The largest absolute Gasteiger partial charge is 0.465 e. The van der Waals surface area contributed by atoms with Crippen LogP contribution in [0.4, 0.5) is 0 Å². The van der Waals surface area contributed by atoms with Gasteiger partial charge in [0.05, 0.1) is 18.2 Å². The summed E-state index contributed by atoms with van der Waals surface area (Å²) in [5, 5.41) is 8.79. The van der Waals surface area contributed by atoms with E-state index in [1.165, 1.54) is 11.8 Å². The minimum Gasteiger partial charge on any atom is -0.465 e. The van der Waals surface area contributed by atoms with Crippen LogP contribution in [0.5, 0.6) is 5.75 Å². The second kappa shape index (κ2) is 6.98. The molecule has 1 aliphatic rings. The minimum absolute atomic E-state index is 0.0650. The topological polar surface area (TPSA) is 88.2 Å². The van der Waals surface area contributed by atoms with E-state index >= 15 is 0 Å². The molecule has 0 radical (unpaired) electrons. The lowest BCUT2D eigenvalue weighted by atomic mass is 10.1. The predicted octanol–water partition coefficient (Wildman–Crippen LogP) is 3.42. The molecule has 30 heavy (non-hydrogen) atoms. The van der Waals surface area contributed by atoms with Gasteiger partial charge in [0.25, 0.3) is 0 Å². The fourth-order valence-corrected chi connectivity index (χ4v) is 3.97. The molecule has 0 saturated heterocycles. The Morgan fingerprint density at radius 2 is 1.93 bits per heavy atom. The number of fused-ring (bicyclic) bond motifs is 2. The maximum Gasteiger partial charge on any atom is 0.340 e. The number of hydrogen-bond donors (Lipinski definition) is 0. The van der Waals surface area contributed by atoms with Crippen molar-refractivity contribution in [3.8, 4) is 5.75 Å². The fraction of sp³-hybridized carbons (Fsp3) is 0.273. The number of para-hydroxylation sites is 1. The van der Waals surface area contributed by atoms with Crippen molar-refractivity contribution in [2.24, 2.45) is 0 Å². The molecule has 0 N–H and O–H groups in total. The molecule has 152 valence electrons. The molecule has 0 atom stereocenters. The normalized spacial score (nSPS) is 13.7. The summed E-state index contributed by atoms with van der Waals surface area (Å²) >= 11 is 0. The first kappa shape index (κ1) is 18.4. The zero-order valence-corrected chi connectivity index (χ0v) is 16.7. The molecule has 2 aromatic heterocycles. The summed E-state index contributed by atoms with van der Waals surface area (Å²) < 4.78 is 14.2.